The summed E-state index contributed by atoms with van der Waals surface area (Å²) in [5, 5.41) is 38.5. The Kier molecular flexibility index (Phi) is 5.28. The number of para-hydroxylation sites is 1. The summed E-state index contributed by atoms with van der Waals surface area (Å²) in [4.78, 5) is 20.2. The van der Waals surface area contributed by atoms with Crippen molar-refractivity contribution in [1.29, 1.82) is 0 Å². The molecule has 1 amide bonds. The van der Waals surface area contributed by atoms with E-state index in [4.69, 9.17) is 4.74 Å². The average molecular weight is 528 g/mol. The van der Waals surface area contributed by atoms with Crippen molar-refractivity contribution in [2.45, 2.75) is 62.7 Å². The molecule has 0 unspecified atom stereocenters. The summed E-state index contributed by atoms with van der Waals surface area (Å²) in [6, 6.07) is 14.6. The fourth-order valence-corrected chi connectivity index (χ4v) is 7.23. The number of carbonyl (C=O) groups excluding carboxylic acids is 1. The summed E-state index contributed by atoms with van der Waals surface area (Å²) in [6.45, 7) is 5.07. The Labute approximate surface area is 226 Å². The third-order valence-electron chi connectivity index (χ3n) is 9.55. The van der Waals surface area contributed by atoms with Crippen LogP contribution >= 0.6 is 0 Å². The van der Waals surface area contributed by atoms with Gasteiger partial charge in [-0.1, -0.05) is 24.3 Å². The van der Waals surface area contributed by atoms with Crippen molar-refractivity contribution < 1.29 is 24.9 Å². The van der Waals surface area contributed by atoms with E-state index >= 15 is 0 Å². The molecule has 2 aromatic carbocycles. The van der Waals surface area contributed by atoms with Crippen LogP contribution in [0.4, 0.5) is 5.82 Å². The minimum absolute atomic E-state index is 0.0273. The SMILES string of the molecule is C/C(C(=O)Nc1ccc2ccccc2n1)=C(/O)[C@@H]1Oc2c(O)ccc3c2[C@@]12CCN(CC1CC1)[C@H](C3)[C@@]2(C)O. The minimum atomic E-state index is -1.26. The van der Waals surface area contributed by atoms with Crippen LogP contribution in [0.3, 0.4) is 0 Å². The average Bonchev–Trinajstić information content (AvgIpc) is 3.66. The molecule has 8 nitrogen and oxygen atoms in total. The molecule has 39 heavy (non-hydrogen) atoms. The number of fused-ring (bicyclic) bond motifs is 2. The van der Waals surface area contributed by atoms with E-state index in [9.17, 15) is 20.1 Å². The first-order valence-corrected chi connectivity index (χ1v) is 13.8. The highest BCUT2D eigenvalue weighted by Crippen LogP contribution is 2.63. The van der Waals surface area contributed by atoms with Crippen molar-refractivity contribution in [3.8, 4) is 11.5 Å². The molecule has 1 aromatic heterocycles. The second-order valence-electron chi connectivity index (χ2n) is 11.8. The Morgan fingerprint density at radius 2 is 1.97 bits per heavy atom. The van der Waals surface area contributed by atoms with Gasteiger partial charge in [0.05, 0.1) is 22.1 Å². The zero-order chi connectivity index (χ0) is 27.1. The Morgan fingerprint density at radius 1 is 1.18 bits per heavy atom. The van der Waals surface area contributed by atoms with Gasteiger partial charge in [0, 0.05) is 23.5 Å². The maximum absolute atomic E-state index is 13.3. The first-order chi connectivity index (χ1) is 18.7. The molecule has 4 atom stereocenters. The summed E-state index contributed by atoms with van der Waals surface area (Å²) < 4.78 is 6.31. The number of aromatic nitrogens is 1. The van der Waals surface area contributed by atoms with Crippen LogP contribution in [0.5, 0.6) is 11.5 Å². The molecule has 2 aliphatic carbocycles. The van der Waals surface area contributed by atoms with Crippen molar-refractivity contribution in [3.63, 3.8) is 0 Å². The molecule has 3 heterocycles. The Morgan fingerprint density at radius 3 is 2.77 bits per heavy atom. The molecule has 4 aliphatic rings. The third-order valence-corrected chi connectivity index (χ3v) is 9.55. The molecule has 8 heteroatoms. The molecule has 202 valence electrons. The number of rotatable bonds is 5. The number of pyridine rings is 1. The van der Waals surface area contributed by atoms with Crippen LogP contribution in [0, 0.1) is 5.92 Å². The molecule has 1 saturated heterocycles. The monoisotopic (exact) mass is 527 g/mol. The van der Waals surface area contributed by atoms with Gasteiger partial charge in [0.1, 0.15) is 11.6 Å². The van der Waals surface area contributed by atoms with E-state index in [1.165, 1.54) is 12.8 Å². The lowest BCUT2D eigenvalue weighted by atomic mass is 9.53. The van der Waals surface area contributed by atoms with Gasteiger partial charge in [0.2, 0.25) is 0 Å². The Bertz CT molecular complexity index is 1540. The van der Waals surface area contributed by atoms with Crippen LogP contribution < -0.4 is 10.1 Å². The van der Waals surface area contributed by atoms with Crippen LogP contribution in [-0.2, 0) is 16.6 Å². The van der Waals surface area contributed by atoms with Crippen molar-refractivity contribution in [2.75, 3.05) is 18.4 Å². The number of ether oxygens (including phenoxy) is 1. The Hall–Kier alpha value is -3.62. The van der Waals surface area contributed by atoms with Gasteiger partial charge in [-0.3, -0.25) is 9.69 Å². The normalized spacial score (nSPS) is 29.9. The van der Waals surface area contributed by atoms with Crippen molar-refractivity contribution in [2.24, 2.45) is 5.92 Å². The molecule has 2 fully saturated rings. The van der Waals surface area contributed by atoms with E-state index in [0.29, 0.717) is 30.3 Å². The van der Waals surface area contributed by atoms with Gasteiger partial charge in [-0.25, -0.2) is 4.98 Å². The van der Waals surface area contributed by atoms with E-state index < -0.39 is 23.0 Å². The summed E-state index contributed by atoms with van der Waals surface area (Å²) in [7, 11) is 0. The number of hydrogen-bond acceptors (Lipinski definition) is 7. The van der Waals surface area contributed by atoms with E-state index in [1.807, 2.05) is 43.3 Å². The summed E-state index contributed by atoms with van der Waals surface area (Å²) >= 11 is 0. The highest BCUT2D eigenvalue weighted by atomic mass is 16.5. The zero-order valence-corrected chi connectivity index (χ0v) is 22.1. The van der Waals surface area contributed by atoms with Gasteiger partial charge in [0.15, 0.2) is 17.6 Å². The molecule has 7 rings (SSSR count). The predicted molar refractivity (Wildman–Crippen MR) is 147 cm³/mol. The number of benzene rings is 2. The summed E-state index contributed by atoms with van der Waals surface area (Å²) in [5.41, 5.74) is 0.331. The smallest absolute Gasteiger partial charge is 0.255 e. The summed E-state index contributed by atoms with van der Waals surface area (Å²) in [5.74, 6) is 0.562. The number of phenols is 1. The van der Waals surface area contributed by atoms with Crippen LogP contribution in [0.15, 0.2) is 59.9 Å². The zero-order valence-electron chi connectivity index (χ0n) is 22.1. The van der Waals surface area contributed by atoms with E-state index in [-0.39, 0.29) is 23.1 Å². The predicted octanol–water partition coefficient (Wildman–Crippen LogP) is 4.20. The quantitative estimate of drug-likeness (QED) is 0.290. The number of aliphatic hydroxyl groups is 2. The molecule has 3 aromatic rings. The molecular formula is C31H33N3O5. The van der Waals surface area contributed by atoms with Crippen molar-refractivity contribution >= 4 is 22.6 Å². The van der Waals surface area contributed by atoms with Gasteiger partial charge in [0.25, 0.3) is 5.91 Å². The lowest BCUT2D eigenvalue weighted by molar-refractivity contribution is -0.153. The number of piperidine rings is 1. The number of anilines is 1. The first-order valence-electron chi connectivity index (χ1n) is 13.8. The largest absolute Gasteiger partial charge is 0.508 e. The van der Waals surface area contributed by atoms with Gasteiger partial charge >= 0.3 is 0 Å². The fourth-order valence-electron chi connectivity index (χ4n) is 7.23. The highest BCUT2D eigenvalue weighted by Gasteiger charge is 2.69. The molecule has 1 saturated carbocycles. The van der Waals surface area contributed by atoms with Crippen LogP contribution in [0.25, 0.3) is 10.9 Å². The van der Waals surface area contributed by atoms with E-state index in [2.05, 4.69) is 15.2 Å². The standard InChI is InChI=1S/C31H33N3O5/c1-17(29(37)33-24-12-10-19-5-3-4-6-21(19)32-24)26(36)28-31-13-14-34(16-18-7-8-18)23(30(31,2)38)15-20-9-11-22(35)27(39-28)25(20)31/h3-6,9-12,18,23,28,35-36,38H,7-8,13-16H2,1-2H3,(H,32,33,37)/b26-17-/t23-,28+,30-,31+/m1/s1. The fraction of sp³-hybridized carbons (Fsp3) is 0.419. The minimum Gasteiger partial charge on any atom is -0.508 e. The number of phenolic OH excluding ortho intramolecular Hbond substituents is 1. The molecule has 4 N–H and O–H groups in total. The van der Waals surface area contributed by atoms with Crippen molar-refractivity contribution in [3.05, 3.63) is 71.0 Å². The van der Waals surface area contributed by atoms with E-state index in [0.717, 1.165) is 35.1 Å². The molecule has 2 aliphatic heterocycles. The molecule has 0 radical (unpaired) electrons. The van der Waals surface area contributed by atoms with Crippen molar-refractivity contribution in [1.82, 2.24) is 9.88 Å². The maximum Gasteiger partial charge on any atom is 0.255 e. The van der Waals surface area contributed by atoms with Crippen LogP contribution in [-0.4, -0.2) is 61.9 Å². The Balaban J connectivity index is 1.27. The van der Waals surface area contributed by atoms with Crippen LogP contribution in [0.2, 0.25) is 0 Å². The molecule has 2 bridgehead atoms. The molecule has 1 spiro atoms. The van der Waals surface area contributed by atoms with Gasteiger partial charge in [-0.2, -0.15) is 0 Å². The van der Waals surface area contributed by atoms with Gasteiger partial charge < -0.3 is 25.4 Å². The third kappa shape index (κ3) is 3.51. The maximum atomic E-state index is 13.3. The van der Waals surface area contributed by atoms with Crippen LogP contribution in [0.1, 0.15) is 44.2 Å². The number of nitrogens with zero attached hydrogens (tertiary/aromatic N) is 2. The number of carbonyl (C=O) groups is 1. The first kappa shape index (κ1) is 24.4. The highest BCUT2D eigenvalue weighted by molar-refractivity contribution is 6.03. The number of aliphatic hydroxyl groups excluding tert-OH is 1. The second-order valence-corrected chi connectivity index (χ2v) is 11.8. The topological polar surface area (TPSA) is 115 Å². The number of aromatic hydroxyl groups is 1. The lowest BCUT2D eigenvalue weighted by Gasteiger charge is -2.59. The van der Waals surface area contributed by atoms with Gasteiger partial charge in [-0.15, -0.1) is 0 Å². The van der Waals surface area contributed by atoms with E-state index in [1.54, 1.807) is 19.1 Å². The lowest BCUT2D eigenvalue weighted by Crippen LogP contribution is -2.73. The summed E-state index contributed by atoms with van der Waals surface area (Å²) in [6.07, 6.45) is 2.60. The number of amides is 1. The number of hydrogen-bond donors (Lipinski definition) is 4. The van der Waals surface area contributed by atoms with Gasteiger partial charge in [-0.05, 0) is 81.8 Å². The number of nitrogens with one attached hydrogen (secondary N) is 1. The second kappa shape index (κ2) is 8.44. The molecular weight excluding hydrogens is 494 g/mol. The number of likely N-dealkylation sites (tertiary alicyclic amines) is 1.